The molecule has 0 aliphatic carbocycles. The molecule has 0 radical (unpaired) electrons. The number of hydrogen-bond donors (Lipinski definition) is 2. The van der Waals surface area contributed by atoms with E-state index in [9.17, 15) is 23.1 Å². The molecule has 0 aliphatic heterocycles. The first kappa shape index (κ1) is 27.3. The van der Waals surface area contributed by atoms with Crippen molar-refractivity contribution in [3.63, 3.8) is 0 Å². The fourth-order valence-corrected chi connectivity index (χ4v) is 4.32. The summed E-state index contributed by atoms with van der Waals surface area (Å²) in [6, 6.07) is 18.7. The van der Waals surface area contributed by atoms with Crippen molar-refractivity contribution in [1.29, 1.82) is 0 Å². The van der Waals surface area contributed by atoms with Gasteiger partial charge in [-0.15, -0.1) is 0 Å². The van der Waals surface area contributed by atoms with Gasteiger partial charge in [0.2, 0.25) is 11.2 Å². The summed E-state index contributed by atoms with van der Waals surface area (Å²) in [4.78, 5) is 14.3. The van der Waals surface area contributed by atoms with Crippen molar-refractivity contribution in [3.8, 4) is 17.2 Å². The maximum atomic E-state index is 14.1. The SMILES string of the molecule is CC[NH+](Cc1ccccc1)Cc1c(O)ccc2c(=O)c(Oc3ccc(C(C)(C)C)cc3)c(C(F)(F)F)oc12. The van der Waals surface area contributed by atoms with Gasteiger partial charge in [-0.1, -0.05) is 63.2 Å². The number of rotatable bonds is 7. The molecule has 1 atom stereocenters. The van der Waals surface area contributed by atoms with Gasteiger partial charge in [0, 0.05) is 5.56 Å². The first-order chi connectivity index (χ1) is 17.9. The van der Waals surface area contributed by atoms with E-state index in [-0.39, 0.29) is 40.0 Å². The molecule has 2 N–H and O–H groups in total. The normalized spacial score (nSPS) is 13.0. The molecule has 0 amide bonds. The van der Waals surface area contributed by atoms with Gasteiger partial charge in [0.1, 0.15) is 24.6 Å². The number of fused-ring (bicyclic) bond motifs is 1. The van der Waals surface area contributed by atoms with Gasteiger partial charge < -0.3 is 19.2 Å². The van der Waals surface area contributed by atoms with Gasteiger partial charge >= 0.3 is 6.18 Å². The summed E-state index contributed by atoms with van der Waals surface area (Å²) < 4.78 is 53.3. The van der Waals surface area contributed by atoms with Crippen molar-refractivity contribution in [2.45, 2.75) is 52.4 Å². The first-order valence-electron chi connectivity index (χ1n) is 12.4. The van der Waals surface area contributed by atoms with Gasteiger partial charge in [-0.2, -0.15) is 13.2 Å². The number of hydrogen-bond acceptors (Lipinski definition) is 4. The second-order valence-electron chi connectivity index (χ2n) is 10.3. The van der Waals surface area contributed by atoms with Crippen molar-refractivity contribution < 1.29 is 32.3 Å². The van der Waals surface area contributed by atoms with E-state index >= 15 is 0 Å². The summed E-state index contributed by atoms with van der Waals surface area (Å²) in [7, 11) is 0. The van der Waals surface area contributed by atoms with Crippen molar-refractivity contribution in [2.24, 2.45) is 0 Å². The number of benzene rings is 3. The zero-order valence-corrected chi connectivity index (χ0v) is 21.8. The lowest BCUT2D eigenvalue weighted by molar-refractivity contribution is -0.925. The molecule has 0 bridgehead atoms. The first-order valence-corrected chi connectivity index (χ1v) is 12.4. The Morgan fingerprint density at radius 1 is 0.921 bits per heavy atom. The van der Waals surface area contributed by atoms with Crippen molar-refractivity contribution >= 4 is 11.0 Å². The maximum Gasteiger partial charge on any atom is 0.453 e. The molecule has 4 aromatic rings. The highest BCUT2D eigenvalue weighted by atomic mass is 19.4. The molecule has 200 valence electrons. The molecule has 1 aromatic heterocycles. The highest BCUT2D eigenvalue weighted by Crippen LogP contribution is 2.40. The van der Waals surface area contributed by atoms with Crippen LogP contribution in [0.1, 0.15) is 50.1 Å². The molecular weight excluding hydrogens is 495 g/mol. The molecule has 1 unspecified atom stereocenters. The highest BCUT2D eigenvalue weighted by Gasteiger charge is 2.41. The monoisotopic (exact) mass is 526 g/mol. The van der Waals surface area contributed by atoms with E-state index in [1.165, 1.54) is 24.3 Å². The number of aromatic hydroxyl groups is 1. The summed E-state index contributed by atoms with van der Waals surface area (Å²) in [5.74, 6) is -2.63. The van der Waals surface area contributed by atoms with E-state index in [4.69, 9.17) is 9.15 Å². The predicted octanol–water partition coefficient (Wildman–Crippen LogP) is 6.21. The Balaban J connectivity index is 1.79. The van der Waals surface area contributed by atoms with E-state index in [0.29, 0.717) is 13.1 Å². The number of nitrogens with one attached hydrogen (secondary N) is 1. The molecule has 1 heterocycles. The largest absolute Gasteiger partial charge is 0.507 e. The summed E-state index contributed by atoms with van der Waals surface area (Å²) >= 11 is 0. The Morgan fingerprint density at radius 3 is 2.16 bits per heavy atom. The Labute approximate surface area is 219 Å². The fraction of sp³-hybridized carbons (Fsp3) is 0.300. The van der Waals surface area contributed by atoms with Crippen LogP contribution in [0, 0.1) is 0 Å². The fourth-order valence-electron chi connectivity index (χ4n) is 4.32. The summed E-state index contributed by atoms with van der Waals surface area (Å²) in [6.45, 7) is 9.34. The van der Waals surface area contributed by atoms with E-state index in [1.807, 2.05) is 58.0 Å². The lowest BCUT2D eigenvalue weighted by Crippen LogP contribution is -3.09. The number of quaternary nitrogens is 1. The van der Waals surface area contributed by atoms with Gasteiger partial charge in [0.05, 0.1) is 17.5 Å². The Kier molecular flexibility index (Phi) is 7.56. The Morgan fingerprint density at radius 2 is 1.58 bits per heavy atom. The van der Waals surface area contributed by atoms with Crippen molar-refractivity contribution in [2.75, 3.05) is 6.54 Å². The van der Waals surface area contributed by atoms with Gasteiger partial charge in [-0.3, -0.25) is 4.79 Å². The molecule has 0 fully saturated rings. The maximum absolute atomic E-state index is 14.1. The molecule has 5 nitrogen and oxygen atoms in total. The summed E-state index contributed by atoms with van der Waals surface area (Å²) in [5.41, 5.74) is 0.724. The van der Waals surface area contributed by atoms with E-state index < -0.39 is 23.1 Å². The standard InChI is InChI=1S/C30H30F3NO4/c1-5-34(17-19-9-7-6-8-10-19)18-23-24(35)16-15-22-25(36)27(28(30(31,32)33)38-26(22)23)37-21-13-11-20(12-14-21)29(2,3)4/h6-16,35H,5,17-18H2,1-4H3/p+1. The Hall–Kier alpha value is -3.78. The number of halogens is 3. The number of phenolic OH excluding ortho intramolecular Hbond substituents is 1. The van der Waals surface area contributed by atoms with Crippen LogP contribution in [0.25, 0.3) is 11.0 Å². The van der Waals surface area contributed by atoms with Crippen molar-refractivity contribution in [3.05, 3.63) is 99.4 Å². The van der Waals surface area contributed by atoms with E-state index in [1.54, 1.807) is 12.1 Å². The number of alkyl halides is 3. The van der Waals surface area contributed by atoms with Crippen LogP contribution in [-0.2, 0) is 24.7 Å². The van der Waals surface area contributed by atoms with Gasteiger partial charge in [0.15, 0.2) is 5.58 Å². The van der Waals surface area contributed by atoms with Crippen LogP contribution in [0.2, 0.25) is 0 Å². The lowest BCUT2D eigenvalue weighted by Gasteiger charge is -2.20. The smallest absolute Gasteiger partial charge is 0.453 e. The van der Waals surface area contributed by atoms with Gasteiger partial charge in [0.25, 0.3) is 5.76 Å². The minimum atomic E-state index is -5.00. The molecule has 3 aromatic carbocycles. The zero-order chi connectivity index (χ0) is 27.7. The summed E-state index contributed by atoms with van der Waals surface area (Å²) in [5, 5.41) is 10.5. The average Bonchev–Trinajstić information content (AvgIpc) is 2.86. The van der Waals surface area contributed by atoms with Crippen LogP contribution in [0.3, 0.4) is 0 Å². The van der Waals surface area contributed by atoms with Crippen LogP contribution >= 0.6 is 0 Å². The minimum Gasteiger partial charge on any atom is -0.507 e. The molecular formula is C30H31F3NO4+. The molecule has 0 aliphatic rings. The van der Waals surface area contributed by atoms with Crippen LogP contribution in [0.5, 0.6) is 17.2 Å². The minimum absolute atomic E-state index is 0.0821. The second kappa shape index (κ2) is 10.5. The summed E-state index contributed by atoms with van der Waals surface area (Å²) in [6.07, 6.45) is -5.00. The Bertz CT molecular complexity index is 1470. The molecule has 4 rings (SSSR count). The van der Waals surface area contributed by atoms with Gasteiger partial charge in [-0.25, -0.2) is 0 Å². The highest BCUT2D eigenvalue weighted by molar-refractivity contribution is 5.83. The second-order valence-corrected chi connectivity index (χ2v) is 10.3. The topological polar surface area (TPSA) is 64.1 Å². The van der Waals surface area contributed by atoms with Crippen LogP contribution in [0.4, 0.5) is 13.2 Å². The van der Waals surface area contributed by atoms with Crippen LogP contribution < -0.4 is 15.1 Å². The molecule has 38 heavy (non-hydrogen) atoms. The number of ether oxygens (including phenoxy) is 1. The van der Waals surface area contributed by atoms with Crippen LogP contribution in [0.15, 0.2) is 75.9 Å². The predicted molar refractivity (Wildman–Crippen MR) is 140 cm³/mol. The number of phenols is 1. The van der Waals surface area contributed by atoms with Crippen LogP contribution in [-0.4, -0.2) is 11.7 Å². The lowest BCUT2D eigenvalue weighted by atomic mass is 9.87. The quantitative estimate of drug-likeness (QED) is 0.301. The molecule has 0 saturated carbocycles. The van der Waals surface area contributed by atoms with Crippen molar-refractivity contribution in [1.82, 2.24) is 0 Å². The molecule has 0 saturated heterocycles. The van der Waals surface area contributed by atoms with Gasteiger partial charge in [-0.05, 0) is 42.2 Å². The third-order valence-corrected chi connectivity index (χ3v) is 6.52. The zero-order valence-electron chi connectivity index (χ0n) is 21.8. The third-order valence-electron chi connectivity index (χ3n) is 6.52. The van der Waals surface area contributed by atoms with E-state index in [2.05, 4.69) is 0 Å². The molecule has 8 heteroatoms. The third kappa shape index (κ3) is 5.86. The average molecular weight is 527 g/mol. The molecule has 0 spiro atoms. The van der Waals surface area contributed by atoms with E-state index in [0.717, 1.165) is 16.0 Å².